The molecular weight excluding hydrogens is 1700 g/mol. The number of carboxylic acids is 3. The number of hydrogen-bond acceptors (Lipinski definition) is 26. The number of rotatable bonds is 58. The topological polar surface area (TPSA) is 657 Å². The number of carboxylic acid groups (broad SMARTS) is 3. The number of aromatic hydroxyl groups is 1. The molecule has 0 bridgehead atoms. The lowest BCUT2D eigenvalue weighted by Gasteiger charge is -2.28. The summed E-state index contributed by atoms with van der Waals surface area (Å²) in [6.45, 7) is 10.5. The van der Waals surface area contributed by atoms with E-state index < -0.39 is 235 Å². The number of thiol groups is 2. The summed E-state index contributed by atoms with van der Waals surface area (Å²) in [5.74, 6) is -20.2. The van der Waals surface area contributed by atoms with Gasteiger partial charge in [-0.25, -0.2) is 0 Å². The van der Waals surface area contributed by atoms with Crippen LogP contribution in [0.25, 0.3) is 10.9 Å². The molecule has 0 radical (unpaired) electrons. The van der Waals surface area contributed by atoms with Crippen molar-refractivity contribution in [1.82, 2.24) is 84.7 Å². The standard InChI is InChI=1S/C79H122N18O23S4/c1-39(2)29-53(91-78(119)60(38-122)96-75(116)57(33-62(102)103)90-67(108)48(81)24-27-123-9)72(113)85-43(8)66(107)94-58(36-98)76(117)97-64(41(5)6)79(120)88-51(22-23-61(100)101)69(110)84-42(7)65(106)89-54(30-40(3)4)73(114)86-50(17-13-14-26-80)70(111)93-56(32-45-34-82-49-16-12-11-15-47(45)49)74(115)95-59(37-121)77(118)87-52(25-28-124-10)71(112)92-55(68(109)83-35-63(104)105)31-44-18-20-46(99)21-19-44/h11-12,15-16,18-21,34,39-43,48,50-60,64,82,98-99,121-122H,13-14,17,22-33,35-38,80-81H2,1-10H3,(H,83,109)(H,84,110)(H,85,113)(H,86,114)(H,87,118)(H,88,120)(H,89,106)(H,90,108)(H,91,119)(H,92,112)(H,93,111)(H,94,107)(H,95,115)(H,96,116)(H,97,117)(H,100,101)(H,102,103)(H,104,105)/t42-,43-,48-,50-,51-,52-,53-,54-,55-,56-,57-,58-,59-,60-,64-/m0/s1. The Morgan fingerprint density at radius 3 is 1.35 bits per heavy atom. The van der Waals surface area contributed by atoms with Gasteiger partial charge in [-0.05, 0) is 143 Å². The number of H-pyrrole nitrogens is 1. The molecule has 41 nitrogen and oxygen atoms in total. The number of benzene rings is 2. The molecule has 124 heavy (non-hydrogen) atoms. The number of fused-ring (bicyclic) bond motifs is 1. The van der Waals surface area contributed by atoms with E-state index in [-0.39, 0.29) is 87.0 Å². The van der Waals surface area contributed by atoms with Crippen LogP contribution in [0.15, 0.2) is 54.7 Å². The lowest BCUT2D eigenvalue weighted by Crippen LogP contribution is -2.61. The number of unbranched alkanes of at least 4 members (excludes halogenated alkanes) is 1. The summed E-state index contributed by atoms with van der Waals surface area (Å²) in [7, 11) is 0. The minimum absolute atomic E-state index is 0.000145. The number of para-hydroxylation sites is 1. The van der Waals surface area contributed by atoms with Crippen molar-refractivity contribution in [3.8, 4) is 5.75 Å². The first-order valence-corrected chi connectivity index (χ1v) is 44.3. The minimum Gasteiger partial charge on any atom is -0.508 e. The van der Waals surface area contributed by atoms with E-state index >= 15 is 0 Å². The Kier molecular flexibility index (Phi) is 48.4. The maximum Gasteiger partial charge on any atom is 0.322 e. The van der Waals surface area contributed by atoms with Crippen molar-refractivity contribution in [2.24, 2.45) is 29.2 Å². The number of aromatic amines is 1. The van der Waals surface area contributed by atoms with E-state index in [0.29, 0.717) is 40.0 Å². The van der Waals surface area contributed by atoms with E-state index in [2.05, 4.69) is 110 Å². The smallest absolute Gasteiger partial charge is 0.322 e. The van der Waals surface area contributed by atoms with Crippen LogP contribution in [0.3, 0.4) is 0 Å². The van der Waals surface area contributed by atoms with Crippen LogP contribution in [0.4, 0.5) is 0 Å². The predicted molar refractivity (Wildman–Crippen MR) is 467 cm³/mol. The fourth-order valence-electron chi connectivity index (χ4n) is 12.2. The van der Waals surface area contributed by atoms with Crippen LogP contribution in [-0.4, -0.2) is 283 Å². The Morgan fingerprint density at radius 2 is 0.847 bits per heavy atom. The summed E-state index contributed by atoms with van der Waals surface area (Å²) in [5, 5.41) is 86.6. The minimum atomic E-state index is -1.82. The first-order valence-electron chi connectivity index (χ1n) is 40.3. The monoisotopic (exact) mass is 1820 g/mol. The number of carbonyl (C=O) groups excluding carboxylic acids is 15. The number of aliphatic carboxylic acids is 3. The maximum atomic E-state index is 14.8. The number of phenolic OH excluding ortho intramolecular Hbond substituents is 1. The molecule has 0 unspecified atom stereocenters. The molecule has 0 spiro atoms. The van der Waals surface area contributed by atoms with Crippen molar-refractivity contribution in [2.75, 3.05) is 55.2 Å². The van der Waals surface area contributed by atoms with Gasteiger partial charge in [0.2, 0.25) is 88.6 Å². The molecular formula is C79H122N18O23S4. The number of thioether (sulfide) groups is 2. The number of nitrogens with two attached hydrogens (primary N) is 2. The van der Waals surface area contributed by atoms with E-state index in [1.165, 1.54) is 75.5 Å². The summed E-state index contributed by atoms with van der Waals surface area (Å²) in [6, 6.07) is -9.70. The van der Waals surface area contributed by atoms with Gasteiger partial charge in [-0.1, -0.05) is 71.9 Å². The van der Waals surface area contributed by atoms with Gasteiger partial charge in [-0.2, -0.15) is 48.8 Å². The molecule has 0 fully saturated rings. The molecule has 0 saturated carbocycles. The van der Waals surface area contributed by atoms with Gasteiger partial charge in [-0.3, -0.25) is 86.3 Å². The normalized spacial score (nSPS) is 14.9. The molecule has 45 heteroatoms. The summed E-state index contributed by atoms with van der Waals surface area (Å²) < 4.78 is 0. The third kappa shape index (κ3) is 38.3. The highest BCUT2D eigenvalue weighted by Gasteiger charge is 2.39. The van der Waals surface area contributed by atoms with Gasteiger partial charge in [0.05, 0.1) is 19.1 Å². The first-order chi connectivity index (χ1) is 58.5. The van der Waals surface area contributed by atoms with Gasteiger partial charge in [0.1, 0.15) is 96.9 Å². The maximum absolute atomic E-state index is 14.8. The molecule has 3 rings (SSSR count). The highest BCUT2D eigenvalue weighted by atomic mass is 32.2. The zero-order valence-corrected chi connectivity index (χ0v) is 74.4. The Bertz CT molecular complexity index is 4130. The Hall–Kier alpha value is -10.5. The van der Waals surface area contributed by atoms with Crippen LogP contribution >= 0.6 is 48.8 Å². The van der Waals surface area contributed by atoms with E-state index in [9.17, 15) is 112 Å². The van der Waals surface area contributed by atoms with Crippen LogP contribution in [0.1, 0.15) is 131 Å². The number of amides is 15. The van der Waals surface area contributed by atoms with Crippen molar-refractivity contribution in [2.45, 2.75) is 223 Å². The largest absolute Gasteiger partial charge is 0.508 e. The number of aromatic nitrogens is 1. The van der Waals surface area contributed by atoms with Crippen molar-refractivity contribution in [1.29, 1.82) is 0 Å². The van der Waals surface area contributed by atoms with Gasteiger partial charge in [0, 0.05) is 47.9 Å². The van der Waals surface area contributed by atoms with Crippen molar-refractivity contribution >= 4 is 166 Å². The second-order valence-corrected chi connectivity index (χ2v) is 33.4. The van der Waals surface area contributed by atoms with E-state index in [4.69, 9.17) is 11.5 Å². The molecule has 690 valence electrons. The number of aliphatic hydroxyl groups is 1. The number of hydrogen-bond donors (Lipinski definition) is 25. The highest BCUT2D eigenvalue weighted by Crippen LogP contribution is 2.21. The van der Waals surface area contributed by atoms with E-state index in [0.717, 1.165) is 0 Å². The molecule has 3 aromatic rings. The van der Waals surface area contributed by atoms with E-state index in [1.807, 2.05) is 0 Å². The fourth-order valence-corrected chi connectivity index (χ4v) is 13.7. The summed E-state index contributed by atoms with van der Waals surface area (Å²) >= 11 is 11.3. The van der Waals surface area contributed by atoms with Gasteiger partial charge < -0.3 is 122 Å². The summed E-state index contributed by atoms with van der Waals surface area (Å²) in [5.41, 5.74) is 13.5. The molecule has 1 heterocycles. The molecule has 2 aromatic carbocycles. The quantitative estimate of drug-likeness (QED) is 0.0193. The Balaban J connectivity index is 1.84. The van der Waals surface area contributed by atoms with Gasteiger partial charge in [-0.15, -0.1) is 0 Å². The molecule has 25 N–H and O–H groups in total. The predicted octanol–water partition coefficient (Wildman–Crippen LogP) is -3.41. The molecule has 0 aliphatic rings. The van der Waals surface area contributed by atoms with Crippen LogP contribution in [0.5, 0.6) is 5.75 Å². The van der Waals surface area contributed by atoms with Gasteiger partial charge >= 0.3 is 17.9 Å². The molecule has 0 saturated heterocycles. The summed E-state index contributed by atoms with van der Waals surface area (Å²) in [4.78, 5) is 248. The average molecular weight is 1820 g/mol. The molecule has 1 aromatic heterocycles. The van der Waals surface area contributed by atoms with Gasteiger partial charge in [0.15, 0.2) is 0 Å². The highest BCUT2D eigenvalue weighted by molar-refractivity contribution is 7.98. The van der Waals surface area contributed by atoms with Gasteiger partial charge in [0.25, 0.3) is 0 Å². The van der Waals surface area contributed by atoms with Crippen LogP contribution in [-0.2, 0) is 99.1 Å². The third-order valence-electron chi connectivity index (χ3n) is 19.1. The lowest BCUT2D eigenvalue weighted by molar-refractivity contribution is -0.141. The third-order valence-corrected chi connectivity index (χ3v) is 21.1. The SMILES string of the molecule is CSCC[C@H](NC(=O)[C@H](CS)NC(=O)[C@H](Cc1c[nH]c2ccccc12)NC(=O)[C@H](CCCCN)NC(=O)[C@H](CC(C)C)NC(=O)[C@H](C)NC(=O)[C@H](CCC(=O)O)NC(=O)[C@@H](NC(=O)[C@H](CO)NC(=O)[C@H](C)NC(=O)[C@H](CC(C)C)NC(=O)[C@H](CS)NC(=O)[C@H](CC(=O)O)NC(=O)[C@@H](N)CCSC)C(C)C)C(=O)N[C@@H](Cc1ccc(O)cc1)C(=O)NCC(=O)O. The second kappa shape index (κ2) is 55.7. The zero-order valence-electron chi connectivity index (χ0n) is 71.0. The Labute approximate surface area is 737 Å². The molecule has 0 aliphatic carbocycles. The molecule has 15 atom stereocenters. The second-order valence-electron chi connectivity index (χ2n) is 30.7. The first kappa shape index (κ1) is 108. The molecule has 15 amide bonds. The van der Waals surface area contributed by atoms with Crippen LogP contribution < -0.4 is 91.2 Å². The number of nitrogens with one attached hydrogen (secondary N) is 16. The fraction of sp³-hybridized carbons (Fsp3) is 0.595. The number of phenols is 1. The lowest BCUT2D eigenvalue weighted by atomic mass is 10.0. The number of aliphatic hydroxyl groups excluding tert-OH is 1. The van der Waals surface area contributed by atoms with Crippen molar-refractivity contribution < 1.29 is 112 Å². The average Bonchev–Trinajstić information content (AvgIpc) is 1.46. The Morgan fingerprint density at radius 1 is 0.427 bits per heavy atom. The molecule has 0 aliphatic heterocycles. The summed E-state index contributed by atoms with van der Waals surface area (Å²) in [6.07, 6.45) is 3.17. The zero-order chi connectivity index (χ0) is 93.2. The van der Waals surface area contributed by atoms with Crippen LogP contribution in [0, 0.1) is 17.8 Å². The van der Waals surface area contributed by atoms with Crippen molar-refractivity contribution in [3.05, 3.63) is 65.9 Å². The van der Waals surface area contributed by atoms with E-state index in [1.54, 1.807) is 70.7 Å². The van der Waals surface area contributed by atoms with Crippen molar-refractivity contribution in [3.63, 3.8) is 0 Å². The van der Waals surface area contributed by atoms with Crippen LogP contribution in [0.2, 0.25) is 0 Å². The number of carbonyl (C=O) groups is 18.